The van der Waals surface area contributed by atoms with E-state index in [1.165, 1.54) is 38.6 Å². The Hall–Kier alpha value is -2.38. The van der Waals surface area contributed by atoms with Crippen LogP contribution in [0.25, 0.3) is 0 Å². The molecule has 0 radical (unpaired) electrons. The number of hydrogen-bond donors (Lipinski definition) is 1. The number of carbonyl (C=O) groups is 1. The van der Waals surface area contributed by atoms with Crippen molar-refractivity contribution in [1.82, 2.24) is 5.43 Å². The first-order valence-corrected chi connectivity index (χ1v) is 5.06. The number of alkyl halides is 2. The summed E-state index contributed by atoms with van der Waals surface area (Å²) in [6.45, 7) is -2.94. The highest BCUT2D eigenvalue weighted by atomic mass is 19.3. The molecule has 0 saturated heterocycles. The fourth-order valence-electron chi connectivity index (χ4n) is 1.16. The lowest BCUT2D eigenvalue weighted by Gasteiger charge is -2.09. The van der Waals surface area contributed by atoms with E-state index in [9.17, 15) is 13.6 Å². The Labute approximate surface area is 108 Å². The fraction of sp³-hybridized carbons (Fsp3) is 0.273. The van der Waals surface area contributed by atoms with Gasteiger partial charge >= 0.3 is 12.7 Å². The van der Waals surface area contributed by atoms with Gasteiger partial charge < -0.3 is 14.2 Å². The van der Waals surface area contributed by atoms with Crippen LogP contribution < -0.4 is 14.9 Å². The first-order chi connectivity index (χ1) is 9.06. The predicted molar refractivity (Wildman–Crippen MR) is 62.8 cm³/mol. The first kappa shape index (κ1) is 14.7. The number of benzene rings is 1. The summed E-state index contributed by atoms with van der Waals surface area (Å²) < 4.78 is 37.7. The van der Waals surface area contributed by atoms with Gasteiger partial charge in [-0.25, -0.2) is 10.2 Å². The van der Waals surface area contributed by atoms with Gasteiger partial charge in [0.2, 0.25) is 0 Å². The van der Waals surface area contributed by atoms with Crippen molar-refractivity contribution in [2.75, 3.05) is 14.2 Å². The molecular formula is C11H12F2N2O4. The summed E-state index contributed by atoms with van der Waals surface area (Å²) in [5.74, 6) is 0.0397. The van der Waals surface area contributed by atoms with Crippen molar-refractivity contribution in [3.63, 3.8) is 0 Å². The molecule has 1 aromatic rings. The van der Waals surface area contributed by atoms with Gasteiger partial charge in [0.1, 0.15) is 0 Å². The Balaban J connectivity index is 2.79. The number of methoxy groups -OCH3 is 2. The van der Waals surface area contributed by atoms with Crippen molar-refractivity contribution in [3.05, 3.63) is 23.8 Å². The van der Waals surface area contributed by atoms with Crippen LogP contribution in [0.15, 0.2) is 23.3 Å². The maximum absolute atomic E-state index is 12.1. The summed E-state index contributed by atoms with van der Waals surface area (Å²) in [7, 11) is 2.52. The summed E-state index contributed by atoms with van der Waals surface area (Å²) >= 11 is 0. The number of halogens is 2. The second-order valence-corrected chi connectivity index (χ2v) is 3.15. The lowest BCUT2D eigenvalue weighted by Crippen LogP contribution is -2.16. The third-order valence-electron chi connectivity index (χ3n) is 1.96. The minimum atomic E-state index is -2.94. The Morgan fingerprint density at radius 1 is 1.37 bits per heavy atom. The molecule has 0 unspecified atom stereocenters. The summed E-state index contributed by atoms with van der Waals surface area (Å²) in [4.78, 5) is 10.7. The van der Waals surface area contributed by atoms with Crippen LogP contribution >= 0.6 is 0 Å². The van der Waals surface area contributed by atoms with Gasteiger partial charge in [-0.1, -0.05) is 0 Å². The van der Waals surface area contributed by atoms with Crippen LogP contribution in [0.2, 0.25) is 0 Å². The maximum atomic E-state index is 12.1. The largest absolute Gasteiger partial charge is 0.493 e. The van der Waals surface area contributed by atoms with E-state index in [4.69, 9.17) is 4.74 Å². The lowest BCUT2D eigenvalue weighted by atomic mass is 10.2. The van der Waals surface area contributed by atoms with Crippen LogP contribution in [0, 0.1) is 0 Å². The molecule has 0 aliphatic rings. The molecule has 19 heavy (non-hydrogen) atoms. The number of hydrazone groups is 1. The highest BCUT2D eigenvalue weighted by molar-refractivity contribution is 5.82. The van der Waals surface area contributed by atoms with Gasteiger partial charge in [-0.15, -0.1) is 0 Å². The quantitative estimate of drug-likeness (QED) is 0.658. The second kappa shape index (κ2) is 7.14. The molecule has 104 valence electrons. The van der Waals surface area contributed by atoms with Crippen LogP contribution in [0.5, 0.6) is 11.5 Å². The van der Waals surface area contributed by atoms with Gasteiger partial charge in [0.15, 0.2) is 11.5 Å². The predicted octanol–water partition coefficient (Wildman–Crippen LogP) is 1.99. The molecule has 0 aliphatic heterocycles. The molecule has 0 fully saturated rings. The number of amides is 1. The third-order valence-corrected chi connectivity index (χ3v) is 1.96. The van der Waals surface area contributed by atoms with Crippen molar-refractivity contribution in [2.24, 2.45) is 5.10 Å². The molecule has 0 aliphatic carbocycles. The molecule has 6 nitrogen and oxygen atoms in total. The molecule has 0 spiro atoms. The molecule has 0 heterocycles. The van der Waals surface area contributed by atoms with Gasteiger partial charge in [0, 0.05) is 0 Å². The van der Waals surface area contributed by atoms with E-state index in [2.05, 4.69) is 20.0 Å². The molecule has 1 N–H and O–H groups in total. The summed E-state index contributed by atoms with van der Waals surface area (Å²) in [5.41, 5.74) is 2.60. The van der Waals surface area contributed by atoms with Gasteiger partial charge in [-0.05, 0) is 23.8 Å². The molecular weight excluding hydrogens is 262 g/mol. The summed E-state index contributed by atoms with van der Waals surface area (Å²) in [6, 6.07) is 4.22. The van der Waals surface area contributed by atoms with Crippen molar-refractivity contribution in [3.8, 4) is 11.5 Å². The van der Waals surface area contributed by atoms with Crippen LogP contribution in [0.1, 0.15) is 5.56 Å². The fourth-order valence-corrected chi connectivity index (χ4v) is 1.16. The number of nitrogens with zero attached hydrogens (tertiary/aromatic N) is 1. The van der Waals surface area contributed by atoms with E-state index < -0.39 is 12.7 Å². The Morgan fingerprint density at radius 3 is 2.68 bits per heavy atom. The second-order valence-electron chi connectivity index (χ2n) is 3.15. The molecule has 0 atom stereocenters. The third kappa shape index (κ3) is 4.78. The van der Waals surface area contributed by atoms with Crippen molar-refractivity contribution in [1.29, 1.82) is 0 Å². The van der Waals surface area contributed by atoms with E-state index >= 15 is 0 Å². The van der Waals surface area contributed by atoms with Crippen LogP contribution in [0.4, 0.5) is 13.6 Å². The number of hydrogen-bond acceptors (Lipinski definition) is 5. The smallest absolute Gasteiger partial charge is 0.427 e. The summed E-state index contributed by atoms with van der Waals surface area (Å²) in [6.07, 6.45) is 0.576. The van der Waals surface area contributed by atoms with E-state index in [0.29, 0.717) is 5.56 Å². The van der Waals surface area contributed by atoms with E-state index in [1.807, 2.05) is 0 Å². The molecule has 1 aromatic carbocycles. The molecule has 0 saturated carbocycles. The lowest BCUT2D eigenvalue weighted by molar-refractivity contribution is -0.0512. The first-order valence-electron chi connectivity index (χ1n) is 5.06. The average Bonchev–Trinajstić information content (AvgIpc) is 2.39. The maximum Gasteiger partial charge on any atom is 0.427 e. The van der Waals surface area contributed by atoms with Crippen LogP contribution in [-0.2, 0) is 4.74 Å². The molecule has 0 bridgehead atoms. The Morgan fingerprint density at radius 2 is 2.11 bits per heavy atom. The van der Waals surface area contributed by atoms with Gasteiger partial charge in [-0.3, -0.25) is 0 Å². The standard InChI is InChI=1S/C11H12F2N2O4/c1-17-9-5-7(6-14-15-11(16)18-2)3-4-8(9)19-10(12)13/h3-6,10H,1-2H3,(H,15,16)/b14-6+. The molecule has 1 amide bonds. The average molecular weight is 274 g/mol. The van der Waals surface area contributed by atoms with E-state index in [1.54, 1.807) is 0 Å². The van der Waals surface area contributed by atoms with Gasteiger partial charge in [-0.2, -0.15) is 13.9 Å². The number of carbonyl (C=O) groups excluding carboxylic acids is 1. The van der Waals surface area contributed by atoms with Gasteiger partial charge in [0.05, 0.1) is 20.4 Å². The number of rotatable bonds is 5. The monoisotopic (exact) mass is 274 g/mol. The molecule has 1 rings (SSSR count). The van der Waals surface area contributed by atoms with E-state index in [0.717, 1.165) is 0 Å². The number of ether oxygens (including phenoxy) is 3. The Kier molecular flexibility index (Phi) is 5.52. The van der Waals surface area contributed by atoms with Crippen molar-refractivity contribution >= 4 is 12.3 Å². The Bertz CT molecular complexity index is 466. The minimum Gasteiger partial charge on any atom is -0.493 e. The molecule has 8 heteroatoms. The topological polar surface area (TPSA) is 69.2 Å². The van der Waals surface area contributed by atoms with Crippen LogP contribution in [-0.4, -0.2) is 33.1 Å². The summed E-state index contributed by atoms with van der Waals surface area (Å²) in [5, 5.41) is 3.58. The highest BCUT2D eigenvalue weighted by Gasteiger charge is 2.10. The minimum absolute atomic E-state index is 0.0874. The van der Waals surface area contributed by atoms with Crippen LogP contribution in [0.3, 0.4) is 0 Å². The zero-order valence-corrected chi connectivity index (χ0v) is 10.2. The highest BCUT2D eigenvalue weighted by Crippen LogP contribution is 2.28. The SMILES string of the molecule is COC(=O)N/N=C/c1ccc(OC(F)F)c(OC)c1. The van der Waals surface area contributed by atoms with Crippen molar-refractivity contribution in [2.45, 2.75) is 6.61 Å². The van der Waals surface area contributed by atoms with Gasteiger partial charge in [0.25, 0.3) is 0 Å². The number of nitrogens with one attached hydrogen (secondary N) is 1. The zero-order valence-electron chi connectivity index (χ0n) is 10.2. The zero-order chi connectivity index (χ0) is 14.3. The normalized spacial score (nSPS) is 10.6. The molecule has 0 aromatic heterocycles. The van der Waals surface area contributed by atoms with E-state index in [-0.39, 0.29) is 11.5 Å². The van der Waals surface area contributed by atoms with Crippen molar-refractivity contribution < 1.29 is 27.8 Å².